The van der Waals surface area contributed by atoms with Crippen molar-refractivity contribution < 1.29 is 28.3 Å². The van der Waals surface area contributed by atoms with E-state index in [0.29, 0.717) is 44.8 Å². The number of furan rings is 1. The molecular weight excluding hydrogens is 546 g/mol. The zero-order valence-corrected chi connectivity index (χ0v) is 24.5. The largest absolute Gasteiger partial charge is 0.468 e. The van der Waals surface area contributed by atoms with Gasteiger partial charge in [0.05, 0.1) is 25.8 Å². The molecule has 2 atom stereocenters. The number of allylic oxidation sites excluding steroid dienone is 1. The highest BCUT2D eigenvalue weighted by Gasteiger charge is 2.61. The van der Waals surface area contributed by atoms with Crippen LogP contribution >= 0.6 is 0 Å². The molecule has 1 aromatic heterocycles. The fraction of sp³-hybridized carbons (Fsp3) is 0.412. The molecule has 9 nitrogen and oxygen atoms in total. The highest BCUT2D eigenvalue weighted by molar-refractivity contribution is 5.99. The summed E-state index contributed by atoms with van der Waals surface area (Å²) in [7, 11) is 1.36. The number of piperazine rings is 1. The van der Waals surface area contributed by atoms with Crippen LogP contribution in [0.2, 0.25) is 0 Å². The van der Waals surface area contributed by atoms with Crippen LogP contribution in [-0.2, 0) is 25.7 Å². The van der Waals surface area contributed by atoms with Crippen molar-refractivity contribution in [2.45, 2.75) is 45.1 Å². The Labute approximate surface area is 251 Å². The lowest BCUT2D eigenvalue weighted by Crippen LogP contribution is -2.51. The number of carbonyl (C=O) groups excluding carboxylic acids is 4. The molecule has 0 saturated carbocycles. The zero-order chi connectivity index (χ0) is 30.0. The Kier molecular flexibility index (Phi) is 8.06. The quantitative estimate of drug-likeness (QED) is 0.388. The summed E-state index contributed by atoms with van der Waals surface area (Å²) in [6.45, 7) is 1.73. The molecular formula is C34H37N3O6. The topological polar surface area (TPSA) is 100 Å². The van der Waals surface area contributed by atoms with Crippen LogP contribution in [0.25, 0.3) is 10.8 Å². The number of benzene rings is 2. The molecule has 1 aliphatic carbocycles. The van der Waals surface area contributed by atoms with Gasteiger partial charge >= 0.3 is 5.97 Å². The first kappa shape index (κ1) is 28.7. The first-order chi connectivity index (χ1) is 20.9. The minimum atomic E-state index is -1.22. The van der Waals surface area contributed by atoms with E-state index < -0.39 is 17.3 Å². The monoisotopic (exact) mass is 583 g/mol. The molecule has 3 heterocycles. The zero-order valence-electron chi connectivity index (χ0n) is 24.5. The number of nitrogens with zero attached hydrogens (tertiary/aromatic N) is 3. The molecule has 0 spiro atoms. The Morgan fingerprint density at radius 1 is 0.930 bits per heavy atom. The second-order valence-corrected chi connectivity index (χ2v) is 11.6. The molecule has 0 radical (unpaired) electrons. The molecule has 3 amide bonds. The number of amides is 3. The summed E-state index contributed by atoms with van der Waals surface area (Å²) in [5, 5.41) is 2.13. The number of methoxy groups -OCH3 is 1. The minimum absolute atomic E-state index is 0.0938. The van der Waals surface area contributed by atoms with Gasteiger partial charge in [-0.2, -0.15) is 0 Å². The van der Waals surface area contributed by atoms with Gasteiger partial charge in [-0.1, -0.05) is 61.4 Å². The van der Waals surface area contributed by atoms with Crippen LogP contribution in [0, 0.1) is 11.3 Å². The Hall–Kier alpha value is -4.40. The molecule has 3 aliphatic rings. The summed E-state index contributed by atoms with van der Waals surface area (Å²) >= 11 is 0. The van der Waals surface area contributed by atoms with E-state index in [9.17, 15) is 19.2 Å². The lowest BCUT2D eigenvalue weighted by atomic mass is 9.69. The van der Waals surface area contributed by atoms with E-state index in [1.807, 2.05) is 48.5 Å². The third-order valence-electron chi connectivity index (χ3n) is 9.31. The predicted molar refractivity (Wildman–Crippen MR) is 159 cm³/mol. The smallest absolute Gasteiger partial charge is 0.318 e. The van der Waals surface area contributed by atoms with Gasteiger partial charge in [0.1, 0.15) is 5.41 Å². The average Bonchev–Trinajstić information content (AvgIpc) is 3.63. The van der Waals surface area contributed by atoms with Gasteiger partial charge in [-0.05, 0) is 47.7 Å². The van der Waals surface area contributed by atoms with E-state index in [0.717, 1.165) is 42.0 Å². The summed E-state index contributed by atoms with van der Waals surface area (Å²) < 4.78 is 10.7. The summed E-state index contributed by atoms with van der Waals surface area (Å²) in [6.07, 6.45) is 7.27. The molecule has 2 aromatic carbocycles. The van der Waals surface area contributed by atoms with Crippen molar-refractivity contribution in [2.24, 2.45) is 11.3 Å². The number of fused-ring (bicyclic) bond motifs is 2. The molecule has 0 bridgehead atoms. The molecule has 43 heavy (non-hydrogen) atoms. The number of hydrogen-bond acceptors (Lipinski definition) is 6. The van der Waals surface area contributed by atoms with Gasteiger partial charge in [-0.15, -0.1) is 0 Å². The normalized spacial score (nSPS) is 22.5. The number of rotatable bonds is 6. The van der Waals surface area contributed by atoms with E-state index in [-0.39, 0.29) is 29.9 Å². The standard InChI is InChI=1S/C34H37N3O6/c1-42-33(41)34-16-7-3-2-4-15-29(34)37(23-25-12-8-11-24-10-5-6-13-26(24)25)31(39)27(34)22-30(38)35-17-19-36(20-18-35)32(40)28-14-9-21-43-28/h5-6,8-15,21,27H,2-4,7,16-20,22-23H2,1H3/t27-,34-/m1/s1. The van der Waals surface area contributed by atoms with Gasteiger partial charge in [0.2, 0.25) is 11.8 Å². The number of likely N-dealkylation sites (tertiary alicyclic amines) is 1. The van der Waals surface area contributed by atoms with Gasteiger partial charge in [0.25, 0.3) is 5.91 Å². The Bertz CT molecular complexity index is 1550. The summed E-state index contributed by atoms with van der Waals surface area (Å²) in [6, 6.07) is 17.4. The van der Waals surface area contributed by atoms with Crippen molar-refractivity contribution in [3.05, 3.63) is 84.0 Å². The number of esters is 1. The van der Waals surface area contributed by atoms with Crippen molar-refractivity contribution in [1.82, 2.24) is 14.7 Å². The SMILES string of the molecule is COC(=O)[C@@]12CCCCCC=C1N(Cc1cccc3ccccc13)C(=O)[C@H]2CC(=O)N1CCN(C(=O)c2ccco2)CC1. The van der Waals surface area contributed by atoms with E-state index in [4.69, 9.17) is 9.15 Å². The Morgan fingerprint density at radius 3 is 2.47 bits per heavy atom. The van der Waals surface area contributed by atoms with Crippen molar-refractivity contribution in [3.63, 3.8) is 0 Å². The number of hydrogen-bond donors (Lipinski definition) is 0. The van der Waals surface area contributed by atoms with E-state index in [2.05, 4.69) is 0 Å². The molecule has 2 saturated heterocycles. The number of carbonyl (C=O) groups is 4. The van der Waals surface area contributed by atoms with Crippen molar-refractivity contribution >= 4 is 34.5 Å². The van der Waals surface area contributed by atoms with Crippen LogP contribution in [0.15, 0.2) is 77.1 Å². The first-order valence-corrected chi connectivity index (χ1v) is 15.1. The Balaban J connectivity index is 1.28. The lowest BCUT2D eigenvalue weighted by molar-refractivity contribution is -0.156. The number of ether oxygens (including phenoxy) is 1. The second-order valence-electron chi connectivity index (χ2n) is 11.6. The van der Waals surface area contributed by atoms with E-state index >= 15 is 0 Å². The van der Waals surface area contributed by atoms with Crippen molar-refractivity contribution in [1.29, 1.82) is 0 Å². The molecule has 2 fully saturated rings. The van der Waals surface area contributed by atoms with Crippen LogP contribution < -0.4 is 0 Å². The van der Waals surface area contributed by atoms with Crippen LogP contribution in [0.4, 0.5) is 0 Å². The van der Waals surface area contributed by atoms with Gasteiger partial charge in [-0.25, -0.2) is 0 Å². The first-order valence-electron chi connectivity index (χ1n) is 15.1. The van der Waals surface area contributed by atoms with Crippen molar-refractivity contribution in [2.75, 3.05) is 33.3 Å². The molecule has 2 aliphatic heterocycles. The molecule has 3 aromatic rings. The second kappa shape index (κ2) is 12.1. The van der Waals surface area contributed by atoms with Gasteiger partial charge in [0, 0.05) is 38.3 Å². The van der Waals surface area contributed by atoms with Gasteiger partial charge in [0.15, 0.2) is 5.76 Å². The highest BCUT2D eigenvalue weighted by Crippen LogP contribution is 2.53. The van der Waals surface area contributed by atoms with Crippen LogP contribution in [0.5, 0.6) is 0 Å². The Morgan fingerprint density at radius 2 is 1.70 bits per heavy atom. The summed E-state index contributed by atoms with van der Waals surface area (Å²) in [5.41, 5.74) is 0.435. The summed E-state index contributed by atoms with van der Waals surface area (Å²) in [5.74, 6) is -1.67. The molecule has 0 unspecified atom stereocenters. The highest BCUT2D eigenvalue weighted by atomic mass is 16.5. The van der Waals surface area contributed by atoms with Gasteiger partial charge in [-0.3, -0.25) is 19.2 Å². The van der Waals surface area contributed by atoms with Crippen LogP contribution in [-0.4, -0.2) is 71.7 Å². The maximum absolute atomic E-state index is 14.4. The fourth-order valence-electron chi connectivity index (χ4n) is 7.07. The van der Waals surface area contributed by atoms with Crippen LogP contribution in [0.1, 0.15) is 54.6 Å². The molecule has 224 valence electrons. The van der Waals surface area contributed by atoms with Gasteiger partial charge < -0.3 is 23.9 Å². The fourth-order valence-corrected chi connectivity index (χ4v) is 7.07. The third-order valence-corrected chi connectivity index (χ3v) is 9.31. The molecule has 6 rings (SSSR count). The minimum Gasteiger partial charge on any atom is -0.468 e. The van der Waals surface area contributed by atoms with E-state index in [1.54, 1.807) is 26.8 Å². The van der Waals surface area contributed by atoms with Crippen LogP contribution in [0.3, 0.4) is 0 Å². The maximum atomic E-state index is 14.4. The molecule has 0 N–H and O–H groups in total. The predicted octanol–water partition coefficient (Wildman–Crippen LogP) is 4.77. The lowest BCUT2D eigenvalue weighted by Gasteiger charge is -2.37. The maximum Gasteiger partial charge on any atom is 0.318 e. The molecule has 9 heteroatoms. The third kappa shape index (κ3) is 5.21. The summed E-state index contributed by atoms with van der Waals surface area (Å²) in [4.78, 5) is 59.8. The average molecular weight is 584 g/mol. The van der Waals surface area contributed by atoms with E-state index in [1.165, 1.54) is 13.4 Å². The van der Waals surface area contributed by atoms with Crippen molar-refractivity contribution in [3.8, 4) is 0 Å².